The zero-order valence-corrected chi connectivity index (χ0v) is 11.6. The number of hydrogen-bond acceptors (Lipinski definition) is 3. The number of ether oxygens (including phenoxy) is 1. The summed E-state index contributed by atoms with van der Waals surface area (Å²) in [4.78, 5) is 0. The van der Waals surface area contributed by atoms with E-state index in [0.717, 1.165) is 24.8 Å². The summed E-state index contributed by atoms with van der Waals surface area (Å²) in [5.41, 5.74) is 1.35. The predicted octanol–water partition coefficient (Wildman–Crippen LogP) is 4.01. The van der Waals surface area contributed by atoms with Crippen molar-refractivity contribution in [3.8, 4) is 17.2 Å². The van der Waals surface area contributed by atoms with E-state index >= 15 is 0 Å². The normalized spacial score (nSPS) is 17.7. The molecule has 0 spiro atoms. The molecule has 1 aliphatic heterocycles. The summed E-state index contributed by atoms with van der Waals surface area (Å²) < 4.78 is 5.83. The highest BCUT2D eigenvalue weighted by atomic mass is 16.5. The first kappa shape index (κ1) is 13.8. The van der Waals surface area contributed by atoms with Gasteiger partial charge in [0.2, 0.25) is 0 Å². The molecule has 2 rings (SSSR count). The zero-order chi connectivity index (χ0) is 13.8. The Balaban J connectivity index is 2.17. The Morgan fingerprint density at radius 3 is 2.84 bits per heavy atom. The molecule has 0 fully saturated rings. The van der Waals surface area contributed by atoms with Crippen LogP contribution in [0.3, 0.4) is 0 Å². The fraction of sp³-hybridized carbons (Fsp3) is 0.500. The number of rotatable bonds is 5. The van der Waals surface area contributed by atoms with Gasteiger partial charge in [-0.1, -0.05) is 31.9 Å². The molecule has 19 heavy (non-hydrogen) atoms. The van der Waals surface area contributed by atoms with Crippen LogP contribution in [0.1, 0.15) is 50.7 Å². The molecule has 0 saturated heterocycles. The third kappa shape index (κ3) is 2.86. The lowest BCUT2D eigenvalue weighted by Crippen LogP contribution is -2.12. The van der Waals surface area contributed by atoms with Crippen LogP contribution in [0.25, 0.3) is 6.08 Å². The molecule has 0 bridgehead atoms. The fourth-order valence-corrected chi connectivity index (χ4v) is 2.55. The molecular formula is C16H22O3. The van der Waals surface area contributed by atoms with E-state index in [1.165, 1.54) is 12.8 Å². The van der Waals surface area contributed by atoms with E-state index in [-0.39, 0.29) is 17.6 Å². The highest BCUT2D eigenvalue weighted by molar-refractivity contribution is 5.70. The van der Waals surface area contributed by atoms with Crippen LogP contribution in [0.5, 0.6) is 17.2 Å². The lowest BCUT2D eigenvalue weighted by Gasteiger charge is -2.11. The minimum absolute atomic E-state index is 0.0612. The van der Waals surface area contributed by atoms with E-state index < -0.39 is 0 Å². The van der Waals surface area contributed by atoms with E-state index in [2.05, 4.69) is 6.92 Å². The van der Waals surface area contributed by atoms with Crippen molar-refractivity contribution in [3.05, 3.63) is 23.3 Å². The number of hydrogen-bond donors (Lipinski definition) is 2. The van der Waals surface area contributed by atoms with Gasteiger partial charge in [0.05, 0.1) is 5.56 Å². The van der Waals surface area contributed by atoms with Crippen LogP contribution in [-0.4, -0.2) is 16.3 Å². The zero-order valence-electron chi connectivity index (χ0n) is 11.6. The first-order valence-corrected chi connectivity index (χ1v) is 7.04. The number of benzene rings is 1. The number of phenols is 2. The maximum absolute atomic E-state index is 10.2. The van der Waals surface area contributed by atoms with Gasteiger partial charge in [-0.2, -0.15) is 0 Å². The van der Waals surface area contributed by atoms with Gasteiger partial charge in [0.25, 0.3) is 0 Å². The molecular weight excluding hydrogens is 240 g/mol. The van der Waals surface area contributed by atoms with Gasteiger partial charge >= 0.3 is 0 Å². The Morgan fingerprint density at radius 1 is 1.37 bits per heavy atom. The summed E-state index contributed by atoms with van der Waals surface area (Å²) in [6.07, 6.45) is 8.93. The fourth-order valence-electron chi connectivity index (χ4n) is 2.55. The second-order valence-corrected chi connectivity index (χ2v) is 5.09. The van der Waals surface area contributed by atoms with Gasteiger partial charge in [-0.05, 0) is 25.8 Å². The van der Waals surface area contributed by atoms with Crippen molar-refractivity contribution in [3.63, 3.8) is 0 Å². The van der Waals surface area contributed by atoms with E-state index in [4.69, 9.17) is 4.74 Å². The summed E-state index contributed by atoms with van der Waals surface area (Å²) in [7, 11) is 0. The average molecular weight is 262 g/mol. The number of phenolic OH excluding ortho intramolecular Hbond substituents is 2. The van der Waals surface area contributed by atoms with Crippen molar-refractivity contribution in [2.45, 2.75) is 52.1 Å². The average Bonchev–Trinajstić information content (AvgIpc) is 2.78. The first-order chi connectivity index (χ1) is 9.17. The predicted molar refractivity (Wildman–Crippen MR) is 76.7 cm³/mol. The van der Waals surface area contributed by atoms with Crippen molar-refractivity contribution in [1.82, 2.24) is 0 Å². The lowest BCUT2D eigenvalue weighted by atomic mass is 10.0. The van der Waals surface area contributed by atoms with Crippen LogP contribution in [0.15, 0.2) is 12.1 Å². The largest absolute Gasteiger partial charge is 0.507 e. The topological polar surface area (TPSA) is 49.7 Å². The van der Waals surface area contributed by atoms with Crippen LogP contribution >= 0.6 is 0 Å². The van der Waals surface area contributed by atoms with Crippen molar-refractivity contribution in [2.24, 2.45) is 0 Å². The maximum atomic E-state index is 10.2. The Hall–Kier alpha value is -1.64. The molecule has 0 amide bonds. The number of aromatic hydroxyl groups is 2. The lowest BCUT2D eigenvalue weighted by molar-refractivity contribution is 0.210. The third-order valence-electron chi connectivity index (χ3n) is 3.54. The standard InChI is InChI=1S/C16H22O3/c1-3-5-6-8-12-9-11-10-14(17)13(7-4-2)15(18)16(11)19-12/h4,7,10,12,17-18H,3,5-6,8-9H2,1-2H3. The van der Waals surface area contributed by atoms with Gasteiger partial charge in [0.1, 0.15) is 11.9 Å². The van der Waals surface area contributed by atoms with E-state index in [9.17, 15) is 10.2 Å². The quantitative estimate of drug-likeness (QED) is 0.788. The van der Waals surface area contributed by atoms with E-state index in [0.29, 0.717) is 11.3 Å². The maximum Gasteiger partial charge on any atom is 0.169 e. The molecule has 2 N–H and O–H groups in total. The molecule has 1 aromatic rings. The Labute approximate surface area is 114 Å². The molecule has 0 aliphatic carbocycles. The van der Waals surface area contributed by atoms with Crippen LogP contribution in [0.4, 0.5) is 0 Å². The summed E-state index contributed by atoms with van der Waals surface area (Å²) >= 11 is 0. The van der Waals surface area contributed by atoms with Crippen LogP contribution in [0.2, 0.25) is 0 Å². The molecule has 104 valence electrons. The van der Waals surface area contributed by atoms with Crippen molar-refractivity contribution >= 4 is 6.08 Å². The van der Waals surface area contributed by atoms with Gasteiger partial charge < -0.3 is 14.9 Å². The van der Waals surface area contributed by atoms with Gasteiger partial charge in [-0.3, -0.25) is 0 Å². The Kier molecular flexibility index (Phi) is 4.35. The first-order valence-electron chi connectivity index (χ1n) is 7.04. The second kappa shape index (κ2) is 6.00. The minimum Gasteiger partial charge on any atom is -0.507 e. The molecule has 1 unspecified atom stereocenters. The summed E-state index contributed by atoms with van der Waals surface area (Å²) in [5, 5.41) is 20.1. The summed E-state index contributed by atoms with van der Waals surface area (Å²) in [6.45, 7) is 4.03. The van der Waals surface area contributed by atoms with Gasteiger partial charge in [-0.15, -0.1) is 0 Å². The molecule has 1 aliphatic rings. The highest BCUT2D eigenvalue weighted by Gasteiger charge is 2.28. The van der Waals surface area contributed by atoms with Crippen LogP contribution in [-0.2, 0) is 6.42 Å². The molecule has 1 atom stereocenters. The molecule has 0 radical (unpaired) electrons. The van der Waals surface area contributed by atoms with Crippen molar-refractivity contribution in [2.75, 3.05) is 0 Å². The molecule has 0 saturated carbocycles. The van der Waals surface area contributed by atoms with E-state index in [1.54, 1.807) is 18.2 Å². The smallest absolute Gasteiger partial charge is 0.169 e. The van der Waals surface area contributed by atoms with Crippen molar-refractivity contribution < 1.29 is 14.9 Å². The number of unbranched alkanes of at least 4 members (excludes halogenated alkanes) is 2. The second-order valence-electron chi connectivity index (χ2n) is 5.09. The molecule has 3 heteroatoms. The molecule has 1 aromatic carbocycles. The van der Waals surface area contributed by atoms with Gasteiger partial charge in [0, 0.05) is 12.0 Å². The number of fused-ring (bicyclic) bond motifs is 1. The van der Waals surface area contributed by atoms with Crippen LogP contribution in [0, 0.1) is 0 Å². The highest BCUT2D eigenvalue weighted by Crippen LogP contribution is 2.45. The van der Waals surface area contributed by atoms with Crippen LogP contribution < -0.4 is 4.74 Å². The Morgan fingerprint density at radius 2 is 2.16 bits per heavy atom. The van der Waals surface area contributed by atoms with Crippen molar-refractivity contribution in [1.29, 1.82) is 0 Å². The summed E-state index contributed by atoms with van der Waals surface area (Å²) in [6, 6.07) is 1.71. The molecule has 0 aromatic heterocycles. The van der Waals surface area contributed by atoms with Gasteiger partial charge in [-0.25, -0.2) is 0 Å². The van der Waals surface area contributed by atoms with Gasteiger partial charge in [0.15, 0.2) is 11.5 Å². The molecule has 3 nitrogen and oxygen atoms in total. The minimum atomic E-state index is 0.0612. The Bertz CT molecular complexity index is 477. The monoisotopic (exact) mass is 262 g/mol. The summed E-state index contributed by atoms with van der Waals surface area (Å²) in [5.74, 6) is 0.727. The third-order valence-corrected chi connectivity index (χ3v) is 3.54. The molecule has 1 heterocycles. The SMILES string of the molecule is CC=Cc1c(O)cc2c(c1O)OC(CCCCC)C2. The number of allylic oxidation sites excluding steroid dienone is 1. The van der Waals surface area contributed by atoms with E-state index in [1.807, 2.05) is 6.92 Å².